The van der Waals surface area contributed by atoms with Crippen LogP contribution in [0.1, 0.15) is 5.56 Å². The Kier molecular flexibility index (Phi) is 2.30. The average molecular weight is 220 g/mol. The first-order chi connectivity index (χ1) is 8.38. The lowest BCUT2D eigenvalue weighted by atomic mass is 10.1. The maximum atomic E-state index is 5.85. The predicted molar refractivity (Wildman–Crippen MR) is 71.7 cm³/mol. The molecule has 0 N–H and O–H groups in total. The molecular weight excluding hydrogens is 208 g/mol. The monoisotopic (exact) mass is 220 g/mol. The fourth-order valence-corrected chi connectivity index (χ4v) is 2.01. The van der Waals surface area contributed by atoms with Gasteiger partial charge in [0.1, 0.15) is 11.3 Å². The van der Waals surface area contributed by atoms with E-state index < -0.39 is 0 Å². The molecule has 0 spiro atoms. The second-order valence-corrected chi connectivity index (χ2v) is 3.94. The standard InChI is InChI=1S/C16H12O/c1-2-12-7-3-5-9-14(12)16-11-13-8-4-6-10-15(13)17-16/h2-11H,1H2. The number of rotatable bonds is 2. The molecule has 82 valence electrons. The summed E-state index contributed by atoms with van der Waals surface area (Å²) in [5, 5.41) is 1.13. The van der Waals surface area contributed by atoms with Crippen LogP contribution in [-0.4, -0.2) is 0 Å². The van der Waals surface area contributed by atoms with E-state index in [1.807, 2.05) is 42.5 Å². The van der Waals surface area contributed by atoms with Crippen LogP contribution in [0.2, 0.25) is 0 Å². The molecule has 0 amide bonds. The molecule has 17 heavy (non-hydrogen) atoms. The van der Waals surface area contributed by atoms with Gasteiger partial charge in [-0.15, -0.1) is 0 Å². The summed E-state index contributed by atoms with van der Waals surface area (Å²) in [5.41, 5.74) is 3.09. The van der Waals surface area contributed by atoms with Gasteiger partial charge in [0.25, 0.3) is 0 Å². The Labute approximate surface area is 100 Å². The largest absolute Gasteiger partial charge is 0.456 e. The van der Waals surface area contributed by atoms with E-state index in [1.54, 1.807) is 0 Å². The van der Waals surface area contributed by atoms with E-state index in [4.69, 9.17) is 4.42 Å². The van der Waals surface area contributed by atoms with Gasteiger partial charge in [-0.3, -0.25) is 0 Å². The first-order valence-electron chi connectivity index (χ1n) is 5.59. The molecule has 0 atom stereocenters. The Hall–Kier alpha value is -2.28. The van der Waals surface area contributed by atoms with Gasteiger partial charge < -0.3 is 4.42 Å². The molecule has 0 radical (unpaired) electrons. The molecule has 0 aliphatic carbocycles. The van der Waals surface area contributed by atoms with E-state index in [0.29, 0.717) is 0 Å². The average Bonchev–Trinajstić information content (AvgIpc) is 2.82. The fraction of sp³-hybridized carbons (Fsp3) is 0. The van der Waals surface area contributed by atoms with Gasteiger partial charge in [0.05, 0.1) is 0 Å². The van der Waals surface area contributed by atoms with Crippen molar-refractivity contribution >= 4 is 17.0 Å². The second-order valence-electron chi connectivity index (χ2n) is 3.94. The van der Waals surface area contributed by atoms with Crippen LogP contribution < -0.4 is 0 Å². The molecular formula is C16H12O. The van der Waals surface area contributed by atoms with Gasteiger partial charge in [0.15, 0.2) is 0 Å². The fourth-order valence-electron chi connectivity index (χ4n) is 2.01. The molecule has 0 aliphatic heterocycles. The van der Waals surface area contributed by atoms with Gasteiger partial charge in [0.2, 0.25) is 0 Å². The maximum absolute atomic E-state index is 5.85. The summed E-state index contributed by atoms with van der Waals surface area (Å²) in [6.07, 6.45) is 1.85. The lowest BCUT2D eigenvalue weighted by molar-refractivity contribution is 0.631. The van der Waals surface area contributed by atoms with Gasteiger partial charge in [-0.25, -0.2) is 0 Å². The first-order valence-corrected chi connectivity index (χ1v) is 5.59. The van der Waals surface area contributed by atoms with Gasteiger partial charge in [0, 0.05) is 10.9 Å². The highest BCUT2D eigenvalue weighted by atomic mass is 16.3. The van der Waals surface area contributed by atoms with Crippen molar-refractivity contribution in [1.82, 2.24) is 0 Å². The van der Waals surface area contributed by atoms with Crippen LogP contribution in [0, 0.1) is 0 Å². The van der Waals surface area contributed by atoms with Crippen molar-refractivity contribution in [3.8, 4) is 11.3 Å². The predicted octanol–water partition coefficient (Wildman–Crippen LogP) is 4.74. The molecule has 0 unspecified atom stereocenters. The van der Waals surface area contributed by atoms with Crippen LogP contribution in [0.15, 0.2) is 65.6 Å². The van der Waals surface area contributed by atoms with Crippen molar-refractivity contribution in [2.75, 3.05) is 0 Å². The third kappa shape index (κ3) is 1.66. The van der Waals surface area contributed by atoms with Crippen LogP contribution >= 0.6 is 0 Å². The van der Waals surface area contributed by atoms with E-state index in [9.17, 15) is 0 Å². The molecule has 1 heterocycles. The van der Waals surface area contributed by atoms with Crippen LogP contribution in [0.3, 0.4) is 0 Å². The van der Waals surface area contributed by atoms with Crippen molar-refractivity contribution in [2.24, 2.45) is 0 Å². The smallest absolute Gasteiger partial charge is 0.136 e. The first kappa shape index (κ1) is 9.91. The molecule has 1 nitrogen and oxygen atoms in total. The van der Waals surface area contributed by atoms with E-state index in [0.717, 1.165) is 27.9 Å². The minimum Gasteiger partial charge on any atom is -0.456 e. The topological polar surface area (TPSA) is 13.1 Å². The Morgan fingerprint density at radius 2 is 1.71 bits per heavy atom. The number of hydrogen-bond donors (Lipinski definition) is 0. The molecule has 0 aliphatic rings. The van der Waals surface area contributed by atoms with E-state index in [-0.39, 0.29) is 0 Å². The number of hydrogen-bond acceptors (Lipinski definition) is 1. The normalized spacial score (nSPS) is 10.6. The molecule has 0 saturated heterocycles. The second kappa shape index (κ2) is 3.95. The minimum absolute atomic E-state index is 0.890. The summed E-state index contributed by atoms with van der Waals surface area (Å²) in [7, 11) is 0. The van der Waals surface area contributed by atoms with E-state index in [1.165, 1.54) is 0 Å². The Morgan fingerprint density at radius 1 is 0.941 bits per heavy atom. The molecule has 1 aromatic heterocycles. The SMILES string of the molecule is C=Cc1ccccc1-c1cc2ccccc2o1. The summed E-state index contributed by atoms with van der Waals surface area (Å²) >= 11 is 0. The zero-order chi connectivity index (χ0) is 11.7. The molecule has 0 saturated carbocycles. The van der Waals surface area contributed by atoms with Crippen LogP contribution in [0.4, 0.5) is 0 Å². The van der Waals surface area contributed by atoms with Crippen molar-refractivity contribution in [3.05, 3.63) is 66.7 Å². The van der Waals surface area contributed by atoms with Crippen LogP contribution in [0.25, 0.3) is 28.4 Å². The highest BCUT2D eigenvalue weighted by Crippen LogP contribution is 2.30. The van der Waals surface area contributed by atoms with E-state index >= 15 is 0 Å². The Bertz CT molecular complexity index is 644. The van der Waals surface area contributed by atoms with E-state index in [2.05, 4.69) is 24.8 Å². The number of para-hydroxylation sites is 1. The van der Waals surface area contributed by atoms with Crippen LogP contribution in [0.5, 0.6) is 0 Å². The quantitative estimate of drug-likeness (QED) is 0.607. The lowest BCUT2D eigenvalue weighted by Gasteiger charge is -2.01. The highest BCUT2D eigenvalue weighted by Gasteiger charge is 2.07. The number of fused-ring (bicyclic) bond motifs is 1. The molecule has 1 heteroatoms. The lowest BCUT2D eigenvalue weighted by Crippen LogP contribution is -1.78. The van der Waals surface area contributed by atoms with Gasteiger partial charge >= 0.3 is 0 Å². The number of benzene rings is 2. The Morgan fingerprint density at radius 3 is 2.53 bits per heavy atom. The van der Waals surface area contributed by atoms with Gasteiger partial charge in [-0.2, -0.15) is 0 Å². The zero-order valence-electron chi connectivity index (χ0n) is 9.39. The molecule has 2 aromatic carbocycles. The van der Waals surface area contributed by atoms with Crippen molar-refractivity contribution < 1.29 is 4.42 Å². The minimum atomic E-state index is 0.890. The van der Waals surface area contributed by atoms with Gasteiger partial charge in [-0.1, -0.05) is 55.1 Å². The molecule has 3 rings (SSSR count). The zero-order valence-corrected chi connectivity index (χ0v) is 9.39. The summed E-state index contributed by atoms with van der Waals surface area (Å²) in [5.74, 6) is 0.890. The summed E-state index contributed by atoms with van der Waals surface area (Å²) in [6, 6.07) is 18.2. The molecule has 3 aromatic rings. The summed E-state index contributed by atoms with van der Waals surface area (Å²) < 4.78 is 5.85. The van der Waals surface area contributed by atoms with Gasteiger partial charge in [-0.05, 0) is 17.7 Å². The molecule has 0 bridgehead atoms. The summed E-state index contributed by atoms with van der Waals surface area (Å²) in [4.78, 5) is 0. The van der Waals surface area contributed by atoms with Crippen molar-refractivity contribution in [2.45, 2.75) is 0 Å². The number of furan rings is 1. The third-order valence-corrected chi connectivity index (χ3v) is 2.87. The summed E-state index contributed by atoms with van der Waals surface area (Å²) in [6.45, 7) is 3.83. The van der Waals surface area contributed by atoms with Crippen LogP contribution in [-0.2, 0) is 0 Å². The van der Waals surface area contributed by atoms with Crippen molar-refractivity contribution in [3.63, 3.8) is 0 Å². The maximum Gasteiger partial charge on any atom is 0.136 e. The Balaban J connectivity index is 2.23. The van der Waals surface area contributed by atoms with Crippen molar-refractivity contribution in [1.29, 1.82) is 0 Å². The third-order valence-electron chi connectivity index (χ3n) is 2.87. The highest BCUT2D eigenvalue weighted by molar-refractivity contribution is 5.84. The molecule has 0 fully saturated rings.